The Labute approximate surface area is 549 Å². The summed E-state index contributed by atoms with van der Waals surface area (Å²) in [7, 11) is -9.89. The van der Waals surface area contributed by atoms with E-state index in [-0.39, 0.29) is 25.7 Å². The molecule has 0 aromatic carbocycles. The number of carbonyl (C=O) groups is 4. The number of phosphoric ester groups is 2. The van der Waals surface area contributed by atoms with Gasteiger partial charge in [0.1, 0.15) is 19.3 Å². The molecule has 19 heteroatoms. The molecular weight excluding hydrogens is 1190 g/mol. The summed E-state index contributed by atoms with van der Waals surface area (Å²) < 4.78 is 68.1. The number of aliphatic hydroxyl groups is 1. The SMILES string of the molecule is CCCCCCCCCCCCCCCCCCC(=O)O[C@H](COC(=O)CCCCCCCCCCCCCCC(C)C)COP(=O)(O)OC[C@@H](O)COP(=O)(O)OC[C@@H](COC(=O)CCCCCCC)OC(=O)CCCCCCCCCCCCCC(C)C. The Morgan fingerprint density at radius 3 is 0.756 bits per heavy atom. The second kappa shape index (κ2) is 63.1. The molecular formula is C71H138O17P2. The fourth-order valence-corrected chi connectivity index (χ4v) is 12.3. The quantitative estimate of drug-likeness (QED) is 0.0222. The molecule has 0 aromatic heterocycles. The lowest BCUT2D eigenvalue weighted by Crippen LogP contribution is -2.30. The molecule has 0 saturated heterocycles. The van der Waals surface area contributed by atoms with Crippen LogP contribution in [0.5, 0.6) is 0 Å². The van der Waals surface area contributed by atoms with Crippen LogP contribution < -0.4 is 0 Å². The van der Waals surface area contributed by atoms with Crippen LogP contribution in [0.4, 0.5) is 0 Å². The van der Waals surface area contributed by atoms with Crippen LogP contribution in [0.15, 0.2) is 0 Å². The van der Waals surface area contributed by atoms with Gasteiger partial charge in [0.25, 0.3) is 0 Å². The highest BCUT2D eigenvalue weighted by atomic mass is 31.2. The minimum atomic E-state index is -4.95. The van der Waals surface area contributed by atoms with E-state index >= 15 is 0 Å². The lowest BCUT2D eigenvalue weighted by Gasteiger charge is -2.21. The summed E-state index contributed by atoms with van der Waals surface area (Å²) in [6.45, 7) is 9.49. The number of rotatable bonds is 70. The molecule has 0 heterocycles. The zero-order valence-corrected chi connectivity index (χ0v) is 60.2. The highest BCUT2D eigenvalue weighted by Crippen LogP contribution is 2.45. The molecule has 90 heavy (non-hydrogen) atoms. The molecule has 2 unspecified atom stereocenters. The zero-order chi connectivity index (χ0) is 66.5. The summed E-state index contributed by atoms with van der Waals surface area (Å²) in [5.41, 5.74) is 0. The molecule has 0 radical (unpaired) electrons. The summed E-state index contributed by atoms with van der Waals surface area (Å²) in [4.78, 5) is 72.3. The Morgan fingerprint density at radius 2 is 0.511 bits per heavy atom. The maximum Gasteiger partial charge on any atom is 0.472 e. The van der Waals surface area contributed by atoms with Gasteiger partial charge in [0.2, 0.25) is 0 Å². The van der Waals surface area contributed by atoms with E-state index in [2.05, 4.69) is 41.5 Å². The predicted molar refractivity (Wildman–Crippen MR) is 363 cm³/mol. The Bertz CT molecular complexity index is 1750. The predicted octanol–water partition coefficient (Wildman–Crippen LogP) is 20.4. The molecule has 0 bridgehead atoms. The Hall–Kier alpha value is -1.94. The van der Waals surface area contributed by atoms with E-state index in [4.69, 9.17) is 37.0 Å². The average molecular weight is 1330 g/mol. The lowest BCUT2D eigenvalue weighted by atomic mass is 10.0. The molecule has 0 rings (SSSR count). The third-order valence-electron chi connectivity index (χ3n) is 16.5. The van der Waals surface area contributed by atoms with Crippen molar-refractivity contribution in [2.24, 2.45) is 11.8 Å². The number of hydrogen-bond donors (Lipinski definition) is 3. The first kappa shape index (κ1) is 88.1. The molecule has 0 fully saturated rings. The molecule has 3 N–H and O–H groups in total. The number of aliphatic hydroxyl groups excluding tert-OH is 1. The van der Waals surface area contributed by atoms with E-state index in [1.54, 1.807) is 0 Å². The van der Waals surface area contributed by atoms with E-state index in [1.165, 1.54) is 173 Å². The van der Waals surface area contributed by atoms with Crippen molar-refractivity contribution in [2.75, 3.05) is 39.6 Å². The van der Waals surface area contributed by atoms with Crippen molar-refractivity contribution >= 4 is 39.5 Å². The Balaban J connectivity index is 5.16. The second-order valence-electron chi connectivity index (χ2n) is 26.6. The summed E-state index contributed by atoms with van der Waals surface area (Å²) in [6.07, 6.45) is 48.9. The van der Waals surface area contributed by atoms with Gasteiger partial charge in [-0.2, -0.15) is 0 Å². The van der Waals surface area contributed by atoms with Crippen LogP contribution in [0.2, 0.25) is 0 Å². The molecule has 5 atom stereocenters. The van der Waals surface area contributed by atoms with Gasteiger partial charge in [-0.25, -0.2) is 9.13 Å². The van der Waals surface area contributed by atoms with Gasteiger partial charge >= 0.3 is 39.5 Å². The maximum absolute atomic E-state index is 13.0. The number of unbranched alkanes of at least 4 members (excludes halogenated alkanes) is 40. The molecule has 0 amide bonds. The number of hydrogen-bond acceptors (Lipinski definition) is 15. The summed E-state index contributed by atoms with van der Waals surface area (Å²) >= 11 is 0. The van der Waals surface area contributed by atoms with Crippen molar-refractivity contribution in [2.45, 2.75) is 381 Å². The first-order valence-corrected chi connectivity index (χ1v) is 40.0. The van der Waals surface area contributed by atoms with Crippen LogP contribution in [0.1, 0.15) is 363 Å². The molecule has 0 saturated carbocycles. The van der Waals surface area contributed by atoms with Gasteiger partial charge in [-0.05, 0) is 37.5 Å². The van der Waals surface area contributed by atoms with Crippen LogP contribution in [-0.2, 0) is 65.4 Å². The highest BCUT2D eigenvalue weighted by molar-refractivity contribution is 7.47. The van der Waals surface area contributed by atoms with Gasteiger partial charge in [-0.1, -0.05) is 311 Å². The number of esters is 4. The van der Waals surface area contributed by atoms with Gasteiger partial charge in [-0.3, -0.25) is 37.3 Å². The Kier molecular flexibility index (Phi) is 61.8. The van der Waals surface area contributed by atoms with Crippen molar-refractivity contribution < 1.29 is 80.2 Å². The highest BCUT2D eigenvalue weighted by Gasteiger charge is 2.30. The van der Waals surface area contributed by atoms with Crippen molar-refractivity contribution in [3.8, 4) is 0 Å². The third-order valence-corrected chi connectivity index (χ3v) is 18.4. The fourth-order valence-electron chi connectivity index (χ4n) is 10.8. The van der Waals surface area contributed by atoms with Crippen LogP contribution in [-0.4, -0.2) is 96.7 Å². The van der Waals surface area contributed by atoms with E-state index in [9.17, 15) is 43.2 Å². The van der Waals surface area contributed by atoms with Crippen molar-refractivity contribution in [1.82, 2.24) is 0 Å². The fraction of sp³-hybridized carbons (Fsp3) is 0.944. The lowest BCUT2D eigenvalue weighted by molar-refractivity contribution is -0.161. The standard InChI is InChI=1S/C71H138O17P2/c1-7-9-11-13-14-15-16-17-18-19-20-27-32-37-43-49-55-71(76)88-67(60-82-69(74)54-48-42-36-31-26-22-21-24-29-34-40-45-51-63(3)4)62-86-90(79,80)84-58-65(72)57-83-89(77,78)85-61-66(59-81-68(73)53-47-39-12-10-8-2)87-70(75)56-50-44-38-33-28-23-25-30-35-41-46-52-64(5)6/h63-67,72H,7-62H2,1-6H3,(H,77,78)(H,79,80)/t65-,66+,67+/m0/s1. The largest absolute Gasteiger partial charge is 0.472 e. The molecule has 0 aliphatic heterocycles. The second-order valence-corrected chi connectivity index (χ2v) is 29.5. The summed E-state index contributed by atoms with van der Waals surface area (Å²) in [5.74, 6) is -0.585. The first-order valence-electron chi connectivity index (χ1n) is 37.0. The summed E-state index contributed by atoms with van der Waals surface area (Å²) in [5, 5.41) is 10.6. The van der Waals surface area contributed by atoms with Crippen LogP contribution in [0.25, 0.3) is 0 Å². The molecule has 534 valence electrons. The van der Waals surface area contributed by atoms with E-state index in [0.717, 1.165) is 108 Å². The average Bonchev–Trinajstić information content (AvgIpc) is 3.70. The number of phosphoric acid groups is 2. The van der Waals surface area contributed by atoms with Crippen molar-refractivity contribution in [1.29, 1.82) is 0 Å². The smallest absolute Gasteiger partial charge is 0.462 e. The number of carbonyl (C=O) groups excluding carboxylic acids is 4. The third kappa shape index (κ3) is 64.8. The molecule has 0 aliphatic carbocycles. The molecule has 0 aliphatic rings. The topological polar surface area (TPSA) is 237 Å². The minimum Gasteiger partial charge on any atom is -0.462 e. The van der Waals surface area contributed by atoms with Crippen LogP contribution in [0, 0.1) is 11.8 Å². The van der Waals surface area contributed by atoms with E-state index in [0.29, 0.717) is 25.7 Å². The zero-order valence-electron chi connectivity index (χ0n) is 58.4. The summed E-state index contributed by atoms with van der Waals surface area (Å²) in [6, 6.07) is 0. The number of ether oxygens (including phenoxy) is 4. The monoisotopic (exact) mass is 1320 g/mol. The van der Waals surface area contributed by atoms with Crippen LogP contribution >= 0.6 is 15.6 Å². The van der Waals surface area contributed by atoms with E-state index in [1.807, 2.05) is 0 Å². The van der Waals surface area contributed by atoms with Gasteiger partial charge in [-0.15, -0.1) is 0 Å². The van der Waals surface area contributed by atoms with Gasteiger partial charge < -0.3 is 33.8 Å². The van der Waals surface area contributed by atoms with Gasteiger partial charge in [0.05, 0.1) is 26.4 Å². The van der Waals surface area contributed by atoms with Crippen molar-refractivity contribution in [3.05, 3.63) is 0 Å². The molecule has 0 spiro atoms. The van der Waals surface area contributed by atoms with Crippen molar-refractivity contribution in [3.63, 3.8) is 0 Å². The van der Waals surface area contributed by atoms with Gasteiger partial charge in [0.15, 0.2) is 12.2 Å². The Morgan fingerprint density at radius 1 is 0.300 bits per heavy atom. The maximum atomic E-state index is 13.0. The minimum absolute atomic E-state index is 0.106. The van der Waals surface area contributed by atoms with Crippen LogP contribution in [0.3, 0.4) is 0 Å². The molecule has 0 aromatic rings. The van der Waals surface area contributed by atoms with Gasteiger partial charge in [0, 0.05) is 25.7 Å². The van der Waals surface area contributed by atoms with E-state index < -0.39 is 97.5 Å². The normalized spacial score (nSPS) is 14.1. The molecule has 17 nitrogen and oxygen atoms in total. The first-order chi connectivity index (χ1) is 43.4.